The summed E-state index contributed by atoms with van der Waals surface area (Å²) in [5.74, 6) is 0.410. The number of hydrogen-bond acceptors (Lipinski definition) is 5. The molecule has 3 aromatic rings. The molecule has 3 rings (SSSR count). The first-order valence-electron chi connectivity index (χ1n) is 7.03. The zero-order valence-electron chi connectivity index (χ0n) is 12.5. The van der Waals surface area contributed by atoms with Crippen LogP contribution in [0, 0.1) is 0 Å². The molecule has 23 heavy (non-hydrogen) atoms. The molecule has 1 aromatic heterocycles. The molecule has 2 aromatic carbocycles. The van der Waals surface area contributed by atoms with E-state index in [1.54, 1.807) is 34.9 Å². The van der Waals surface area contributed by atoms with Gasteiger partial charge in [0.25, 0.3) is 0 Å². The fourth-order valence-electron chi connectivity index (χ4n) is 2.02. The van der Waals surface area contributed by atoms with Gasteiger partial charge in [0, 0.05) is 5.75 Å². The molecule has 5 nitrogen and oxygen atoms in total. The van der Waals surface area contributed by atoms with Crippen LogP contribution in [-0.4, -0.2) is 27.8 Å². The first-order chi connectivity index (χ1) is 11.3. The van der Waals surface area contributed by atoms with Gasteiger partial charge in [-0.15, -0.1) is 5.10 Å². The van der Waals surface area contributed by atoms with Gasteiger partial charge in [0.2, 0.25) is 5.16 Å². The number of rotatable bonds is 5. The van der Waals surface area contributed by atoms with Crippen LogP contribution in [0.15, 0.2) is 66.1 Å². The minimum Gasteiger partial charge on any atom is -0.465 e. The number of nitrogens with zero attached hydrogens (tertiary/aromatic N) is 3. The van der Waals surface area contributed by atoms with Crippen molar-refractivity contribution in [1.29, 1.82) is 0 Å². The molecule has 0 saturated carbocycles. The summed E-state index contributed by atoms with van der Waals surface area (Å²) >= 11 is 1.55. The van der Waals surface area contributed by atoms with Crippen LogP contribution in [0.3, 0.4) is 0 Å². The fraction of sp³-hybridized carbons (Fsp3) is 0.118. The predicted octanol–water partition coefficient (Wildman–Crippen LogP) is 3.35. The van der Waals surface area contributed by atoms with Crippen LogP contribution in [-0.2, 0) is 10.5 Å². The summed E-state index contributed by atoms with van der Waals surface area (Å²) in [6.07, 6.45) is 1.71. The Morgan fingerprint density at radius 2 is 1.87 bits per heavy atom. The van der Waals surface area contributed by atoms with E-state index >= 15 is 0 Å². The van der Waals surface area contributed by atoms with Crippen LogP contribution in [0.1, 0.15) is 15.9 Å². The average molecular weight is 325 g/mol. The second-order valence-electron chi connectivity index (χ2n) is 4.78. The van der Waals surface area contributed by atoms with Crippen molar-refractivity contribution >= 4 is 17.7 Å². The number of benzene rings is 2. The SMILES string of the molecule is COC(=O)c1ccc(CSc2ncn(-c3ccccc3)n2)cc1. The van der Waals surface area contributed by atoms with Crippen LogP contribution in [0.25, 0.3) is 5.69 Å². The van der Waals surface area contributed by atoms with Gasteiger partial charge in [-0.25, -0.2) is 14.5 Å². The maximum atomic E-state index is 11.4. The van der Waals surface area contributed by atoms with Gasteiger partial charge in [0.05, 0.1) is 18.4 Å². The third-order valence-corrected chi connectivity index (χ3v) is 4.16. The predicted molar refractivity (Wildman–Crippen MR) is 88.7 cm³/mol. The molecule has 0 N–H and O–H groups in total. The molecule has 0 fully saturated rings. The number of para-hydroxylation sites is 1. The molecule has 0 bridgehead atoms. The molecule has 0 aliphatic rings. The van der Waals surface area contributed by atoms with Crippen molar-refractivity contribution in [2.75, 3.05) is 7.11 Å². The van der Waals surface area contributed by atoms with Crippen molar-refractivity contribution in [2.24, 2.45) is 0 Å². The standard InChI is InChI=1S/C17H15N3O2S/c1-22-16(21)14-9-7-13(8-10-14)11-23-17-18-12-20(19-17)15-5-3-2-4-6-15/h2-10,12H,11H2,1H3. The van der Waals surface area contributed by atoms with Crippen molar-refractivity contribution in [3.63, 3.8) is 0 Å². The normalized spacial score (nSPS) is 10.5. The third kappa shape index (κ3) is 3.78. The molecule has 6 heteroatoms. The van der Waals surface area contributed by atoms with Gasteiger partial charge in [-0.1, -0.05) is 42.1 Å². The Morgan fingerprint density at radius 1 is 1.13 bits per heavy atom. The van der Waals surface area contributed by atoms with Crippen LogP contribution >= 0.6 is 11.8 Å². The lowest BCUT2D eigenvalue weighted by Gasteiger charge is -2.02. The second kappa shape index (κ2) is 7.11. The van der Waals surface area contributed by atoms with Gasteiger partial charge in [0.15, 0.2) is 0 Å². The number of ether oxygens (including phenoxy) is 1. The van der Waals surface area contributed by atoms with E-state index < -0.39 is 0 Å². The molecule has 0 atom stereocenters. The second-order valence-corrected chi connectivity index (χ2v) is 5.73. The van der Waals surface area contributed by atoms with E-state index in [-0.39, 0.29) is 5.97 Å². The van der Waals surface area contributed by atoms with Crippen LogP contribution in [0.4, 0.5) is 0 Å². The van der Waals surface area contributed by atoms with Gasteiger partial charge in [-0.05, 0) is 29.8 Å². The first-order valence-corrected chi connectivity index (χ1v) is 8.02. The number of aromatic nitrogens is 3. The number of carbonyl (C=O) groups is 1. The average Bonchev–Trinajstić information content (AvgIpc) is 3.09. The Balaban J connectivity index is 1.63. The van der Waals surface area contributed by atoms with E-state index in [0.717, 1.165) is 17.0 Å². The largest absolute Gasteiger partial charge is 0.465 e. The van der Waals surface area contributed by atoms with Gasteiger partial charge in [0.1, 0.15) is 6.33 Å². The summed E-state index contributed by atoms with van der Waals surface area (Å²) < 4.78 is 6.44. The molecule has 0 radical (unpaired) electrons. The highest BCUT2D eigenvalue weighted by atomic mass is 32.2. The van der Waals surface area contributed by atoms with E-state index in [4.69, 9.17) is 0 Å². The lowest BCUT2D eigenvalue weighted by atomic mass is 10.1. The highest BCUT2D eigenvalue weighted by Gasteiger charge is 2.06. The minimum absolute atomic E-state index is 0.326. The summed E-state index contributed by atoms with van der Waals surface area (Å²) in [6.45, 7) is 0. The molecule has 116 valence electrons. The molecule has 0 saturated heterocycles. The number of hydrogen-bond donors (Lipinski definition) is 0. The highest BCUT2D eigenvalue weighted by Crippen LogP contribution is 2.20. The van der Waals surface area contributed by atoms with Crippen molar-refractivity contribution in [2.45, 2.75) is 10.9 Å². The molecule has 0 aliphatic heterocycles. The van der Waals surface area contributed by atoms with Crippen LogP contribution < -0.4 is 0 Å². The van der Waals surface area contributed by atoms with E-state index in [1.165, 1.54) is 7.11 Å². The van der Waals surface area contributed by atoms with Gasteiger partial charge >= 0.3 is 5.97 Å². The highest BCUT2D eigenvalue weighted by molar-refractivity contribution is 7.98. The van der Waals surface area contributed by atoms with Crippen LogP contribution in [0.5, 0.6) is 0 Å². The van der Waals surface area contributed by atoms with Crippen molar-refractivity contribution < 1.29 is 9.53 Å². The molecule has 0 aliphatic carbocycles. The Hall–Kier alpha value is -2.60. The third-order valence-electron chi connectivity index (χ3n) is 3.23. The van der Waals surface area contributed by atoms with Crippen molar-refractivity contribution in [1.82, 2.24) is 14.8 Å². The number of methoxy groups -OCH3 is 1. The Morgan fingerprint density at radius 3 is 2.57 bits per heavy atom. The quantitative estimate of drug-likeness (QED) is 0.532. The van der Waals surface area contributed by atoms with Gasteiger partial charge in [-0.2, -0.15) is 0 Å². The van der Waals surface area contributed by atoms with Crippen molar-refractivity contribution in [3.05, 3.63) is 72.1 Å². The lowest BCUT2D eigenvalue weighted by molar-refractivity contribution is 0.0600. The summed E-state index contributed by atoms with van der Waals surface area (Å²) in [6, 6.07) is 17.2. The first kappa shape index (κ1) is 15.3. The monoisotopic (exact) mass is 325 g/mol. The Labute approximate surface area is 138 Å². The summed E-state index contributed by atoms with van der Waals surface area (Å²) in [7, 11) is 1.38. The Bertz CT molecular complexity index is 785. The minimum atomic E-state index is -0.326. The summed E-state index contributed by atoms with van der Waals surface area (Å²) in [5.41, 5.74) is 2.63. The molecule has 0 unspecified atom stereocenters. The number of carbonyl (C=O) groups excluding carboxylic acids is 1. The molecular weight excluding hydrogens is 310 g/mol. The maximum absolute atomic E-state index is 11.4. The zero-order chi connectivity index (χ0) is 16.1. The fourth-order valence-corrected chi connectivity index (χ4v) is 2.78. The smallest absolute Gasteiger partial charge is 0.337 e. The molecule has 0 amide bonds. The van der Waals surface area contributed by atoms with E-state index in [2.05, 4.69) is 14.8 Å². The molecule has 0 spiro atoms. The topological polar surface area (TPSA) is 57.0 Å². The zero-order valence-corrected chi connectivity index (χ0v) is 13.4. The number of thioether (sulfide) groups is 1. The van der Waals surface area contributed by atoms with Gasteiger partial charge < -0.3 is 4.74 Å². The Kier molecular flexibility index (Phi) is 4.73. The maximum Gasteiger partial charge on any atom is 0.337 e. The van der Waals surface area contributed by atoms with Gasteiger partial charge in [-0.3, -0.25) is 0 Å². The van der Waals surface area contributed by atoms with E-state index in [9.17, 15) is 4.79 Å². The molecule has 1 heterocycles. The molecular formula is C17H15N3O2S. The lowest BCUT2D eigenvalue weighted by Crippen LogP contribution is -2.00. The summed E-state index contributed by atoms with van der Waals surface area (Å²) in [4.78, 5) is 15.7. The number of esters is 1. The van der Waals surface area contributed by atoms with E-state index in [0.29, 0.717) is 10.7 Å². The van der Waals surface area contributed by atoms with Crippen LogP contribution in [0.2, 0.25) is 0 Å². The summed E-state index contributed by atoms with van der Waals surface area (Å²) in [5, 5.41) is 5.16. The van der Waals surface area contributed by atoms with E-state index in [1.807, 2.05) is 42.5 Å². The van der Waals surface area contributed by atoms with Crippen molar-refractivity contribution in [3.8, 4) is 5.69 Å².